The summed E-state index contributed by atoms with van der Waals surface area (Å²) in [4.78, 5) is 2.57. The van der Waals surface area contributed by atoms with Crippen LogP contribution in [-0.2, 0) is 0 Å². The summed E-state index contributed by atoms with van der Waals surface area (Å²) in [5.74, 6) is 0.922. The van der Waals surface area contributed by atoms with Gasteiger partial charge in [-0.25, -0.2) is 0 Å². The normalized spacial score (nSPS) is 20.0. The Morgan fingerprint density at radius 1 is 0.944 bits per heavy atom. The Hall–Kier alpha value is -0.0800. The number of nitrogens with zero attached hydrogens (tertiary/aromatic N) is 1. The van der Waals surface area contributed by atoms with Gasteiger partial charge in [0.2, 0.25) is 0 Å². The monoisotopic (exact) mass is 254 g/mol. The number of hydrogen-bond acceptors (Lipinski definition) is 2. The quantitative estimate of drug-likeness (QED) is 0.746. The maximum Gasteiger partial charge on any atom is 0.0112 e. The largest absolute Gasteiger partial charge is 0.313 e. The molecule has 18 heavy (non-hydrogen) atoms. The maximum absolute atomic E-state index is 3.75. The summed E-state index contributed by atoms with van der Waals surface area (Å²) in [5, 5.41) is 3.75. The summed E-state index contributed by atoms with van der Waals surface area (Å²) in [7, 11) is 0. The van der Waals surface area contributed by atoms with Crippen molar-refractivity contribution in [3.63, 3.8) is 0 Å². The van der Waals surface area contributed by atoms with E-state index < -0.39 is 0 Å². The molecule has 1 atom stereocenters. The van der Waals surface area contributed by atoms with Crippen molar-refractivity contribution < 1.29 is 0 Å². The van der Waals surface area contributed by atoms with Crippen LogP contribution >= 0.6 is 0 Å². The van der Waals surface area contributed by atoms with E-state index in [1.165, 1.54) is 38.6 Å². The minimum atomic E-state index is 0.650. The smallest absolute Gasteiger partial charge is 0.0112 e. The third-order valence-electron chi connectivity index (χ3n) is 4.52. The molecule has 0 aromatic carbocycles. The summed E-state index contributed by atoms with van der Waals surface area (Å²) in [6.07, 6.45) is 7.22. The van der Waals surface area contributed by atoms with Gasteiger partial charge in [-0.1, -0.05) is 19.3 Å². The molecule has 0 amide bonds. The van der Waals surface area contributed by atoms with Gasteiger partial charge in [0.15, 0.2) is 0 Å². The van der Waals surface area contributed by atoms with Gasteiger partial charge in [-0.3, -0.25) is 4.90 Å². The number of hydrogen-bond donors (Lipinski definition) is 1. The molecule has 1 rings (SSSR count). The lowest BCUT2D eigenvalue weighted by Crippen LogP contribution is -2.44. The van der Waals surface area contributed by atoms with Crippen LogP contribution in [-0.4, -0.2) is 36.1 Å². The second kappa shape index (κ2) is 8.16. The second-order valence-electron chi connectivity index (χ2n) is 6.57. The topological polar surface area (TPSA) is 15.3 Å². The third-order valence-corrected chi connectivity index (χ3v) is 4.52. The van der Waals surface area contributed by atoms with Crippen molar-refractivity contribution >= 4 is 0 Å². The lowest BCUT2D eigenvalue weighted by atomic mass is 9.84. The molecule has 108 valence electrons. The fourth-order valence-corrected chi connectivity index (χ4v) is 3.33. The van der Waals surface area contributed by atoms with Crippen LogP contribution in [0.4, 0.5) is 0 Å². The van der Waals surface area contributed by atoms with E-state index in [1.54, 1.807) is 0 Å². The molecule has 2 heteroatoms. The van der Waals surface area contributed by atoms with Crippen molar-refractivity contribution in [1.29, 1.82) is 0 Å². The summed E-state index contributed by atoms with van der Waals surface area (Å²) in [6.45, 7) is 13.9. The summed E-state index contributed by atoms with van der Waals surface area (Å²) in [5.41, 5.74) is 0. The molecule has 1 N–H and O–H groups in total. The minimum absolute atomic E-state index is 0.650. The van der Waals surface area contributed by atoms with Crippen LogP contribution in [0, 0.1) is 5.92 Å². The van der Waals surface area contributed by atoms with E-state index in [2.05, 4.69) is 44.8 Å². The first-order valence-corrected chi connectivity index (χ1v) is 8.01. The molecule has 2 nitrogen and oxygen atoms in total. The Bertz CT molecular complexity index is 199. The lowest BCUT2D eigenvalue weighted by molar-refractivity contribution is 0.169. The van der Waals surface area contributed by atoms with Crippen molar-refractivity contribution in [3.8, 4) is 0 Å². The molecule has 0 aromatic rings. The molecule has 0 aliphatic heterocycles. The molecule has 1 aliphatic carbocycles. The van der Waals surface area contributed by atoms with Crippen LogP contribution in [0.25, 0.3) is 0 Å². The van der Waals surface area contributed by atoms with E-state index in [1.807, 2.05) is 0 Å². The standard InChI is InChI=1S/C16H34N2/c1-13(2)18(14(3)4)12-11-17-15(5)16-9-7-6-8-10-16/h13-17H,6-12H2,1-5H3. The predicted molar refractivity (Wildman–Crippen MR) is 81.0 cm³/mol. The van der Waals surface area contributed by atoms with Crippen LogP contribution in [0.2, 0.25) is 0 Å². The Morgan fingerprint density at radius 2 is 1.50 bits per heavy atom. The van der Waals surface area contributed by atoms with Gasteiger partial charge in [0.05, 0.1) is 0 Å². The van der Waals surface area contributed by atoms with Gasteiger partial charge < -0.3 is 5.32 Å². The SMILES string of the molecule is CC(NCCN(C(C)C)C(C)C)C1CCCCC1. The van der Waals surface area contributed by atoms with Gasteiger partial charge in [0.25, 0.3) is 0 Å². The van der Waals surface area contributed by atoms with Crippen molar-refractivity contribution in [2.75, 3.05) is 13.1 Å². The summed E-state index contributed by atoms with van der Waals surface area (Å²) < 4.78 is 0. The highest BCUT2D eigenvalue weighted by Gasteiger charge is 2.20. The van der Waals surface area contributed by atoms with Gasteiger partial charge in [-0.2, -0.15) is 0 Å². The van der Waals surface area contributed by atoms with E-state index in [9.17, 15) is 0 Å². The van der Waals surface area contributed by atoms with Gasteiger partial charge in [0.1, 0.15) is 0 Å². The van der Waals surface area contributed by atoms with E-state index >= 15 is 0 Å². The van der Waals surface area contributed by atoms with Gasteiger partial charge in [-0.15, -0.1) is 0 Å². The Balaban J connectivity index is 2.22. The average molecular weight is 254 g/mol. The molecule has 1 fully saturated rings. The van der Waals surface area contributed by atoms with Crippen LogP contribution in [0.3, 0.4) is 0 Å². The Kier molecular flexibility index (Phi) is 7.25. The van der Waals surface area contributed by atoms with Crippen molar-refractivity contribution in [2.45, 2.75) is 84.8 Å². The predicted octanol–water partition coefficient (Wildman–Crippen LogP) is 3.66. The van der Waals surface area contributed by atoms with Crippen LogP contribution < -0.4 is 5.32 Å². The van der Waals surface area contributed by atoms with E-state index in [0.717, 1.165) is 12.5 Å². The first-order valence-electron chi connectivity index (χ1n) is 8.01. The molecule has 0 radical (unpaired) electrons. The molecule has 0 aromatic heterocycles. The van der Waals surface area contributed by atoms with E-state index in [4.69, 9.17) is 0 Å². The highest BCUT2D eigenvalue weighted by molar-refractivity contribution is 4.77. The van der Waals surface area contributed by atoms with Crippen molar-refractivity contribution in [3.05, 3.63) is 0 Å². The first kappa shape index (κ1) is 16.0. The zero-order valence-electron chi connectivity index (χ0n) is 13.2. The van der Waals surface area contributed by atoms with Gasteiger partial charge in [-0.05, 0) is 53.4 Å². The Morgan fingerprint density at radius 3 is 2.00 bits per heavy atom. The molecule has 1 unspecified atom stereocenters. The molecule has 1 saturated carbocycles. The molecule has 0 bridgehead atoms. The second-order valence-corrected chi connectivity index (χ2v) is 6.57. The molecule has 0 saturated heterocycles. The highest BCUT2D eigenvalue weighted by Crippen LogP contribution is 2.26. The van der Waals surface area contributed by atoms with Crippen molar-refractivity contribution in [2.24, 2.45) is 5.92 Å². The molecular formula is C16H34N2. The number of rotatable bonds is 7. The summed E-state index contributed by atoms with van der Waals surface area (Å²) >= 11 is 0. The van der Waals surface area contributed by atoms with Crippen LogP contribution in [0.1, 0.15) is 66.7 Å². The highest BCUT2D eigenvalue weighted by atomic mass is 15.2. The molecular weight excluding hydrogens is 220 g/mol. The van der Waals surface area contributed by atoms with Gasteiger partial charge in [0, 0.05) is 31.2 Å². The lowest BCUT2D eigenvalue weighted by Gasteiger charge is -2.33. The van der Waals surface area contributed by atoms with Gasteiger partial charge >= 0.3 is 0 Å². The zero-order chi connectivity index (χ0) is 13.5. The van der Waals surface area contributed by atoms with E-state index in [0.29, 0.717) is 18.1 Å². The molecule has 1 aliphatic rings. The summed E-state index contributed by atoms with van der Waals surface area (Å²) in [6, 6.07) is 2.00. The minimum Gasteiger partial charge on any atom is -0.313 e. The maximum atomic E-state index is 3.75. The number of nitrogens with one attached hydrogen (secondary N) is 1. The van der Waals surface area contributed by atoms with Crippen LogP contribution in [0.15, 0.2) is 0 Å². The Labute approximate surface area is 115 Å². The van der Waals surface area contributed by atoms with Crippen molar-refractivity contribution in [1.82, 2.24) is 10.2 Å². The van der Waals surface area contributed by atoms with E-state index in [-0.39, 0.29) is 0 Å². The average Bonchev–Trinajstić information content (AvgIpc) is 2.34. The van der Waals surface area contributed by atoms with Crippen LogP contribution in [0.5, 0.6) is 0 Å². The first-order chi connectivity index (χ1) is 8.52. The zero-order valence-corrected chi connectivity index (χ0v) is 13.2. The fourth-order valence-electron chi connectivity index (χ4n) is 3.33. The molecule has 0 heterocycles. The fraction of sp³-hybridized carbons (Fsp3) is 1.00. The molecule has 0 spiro atoms. The third kappa shape index (κ3) is 5.27.